The van der Waals surface area contributed by atoms with Gasteiger partial charge in [0.25, 0.3) is 0 Å². The molecule has 2 nitrogen and oxygen atoms in total. The number of aliphatic hydroxyl groups excluding tert-OH is 1. The number of aryl methyl sites for hydroxylation is 1. The second-order valence-corrected chi connectivity index (χ2v) is 3.49. The number of fused-ring (bicyclic) bond motifs is 1. The van der Waals surface area contributed by atoms with Gasteiger partial charge in [-0.2, -0.15) is 0 Å². The molecule has 0 saturated carbocycles. The Kier molecular flexibility index (Phi) is 1.85. The molecule has 2 heteroatoms. The van der Waals surface area contributed by atoms with Crippen molar-refractivity contribution >= 4 is 6.08 Å². The first-order valence-corrected chi connectivity index (χ1v) is 4.37. The molecule has 0 aliphatic carbocycles. The quantitative estimate of drug-likeness (QED) is 0.651. The summed E-state index contributed by atoms with van der Waals surface area (Å²) in [6.07, 6.45) is 3.41. The van der Waals surface area contributed by atoms with Gasteiger partial charge in [0.2, 0.25) is 0 Å². The molecule has 68 valence electrons. The van der Waals surface area contributed by atoms with Crippen molar-refractivity contribution < 1.29 is 5.11 Å². The SMILES string of the molecule is Cc1ccc2c(c1)C(O)N(C)C=C2. The van der Waals surface area contributed by atoms with Crippen molar-refractivity contribution in [1.29, 1.82) is 0 Å². The van der Waals surface area contributed by atoms with Gasteiger partial charge in [-0.15, -0.1) is 0 Å². The van der Waals surface area contributed by atoms with Crippen LogP contribution >= 0.6 is 0 Å². The molecule has 1 heterocycles. The Balaban J connectivity index is 2.54. The maximum Gasteiger partial charge on any atom is 0.153 e. The van der Waals surface area contributed by atoms with Gasteiger partial charge in [0, 0.05) is 18.8 Å². The Hall–Kier alpha value is -1.28. The minimum atomic E-state index is -0.500. The molecule has 0 fully saturated rings. The molecule has 0 saturated heterocycles. The average molecular weight is 175 g/mol. The zero-order chi connectivity index (χ0) is 9.42. The average Bonchev–Trinajstić information content (AvgIpc) is 2.12. The Labute approximate surface area is 78.1 Å². The van der Waals surface area contributed by atoms with Crippen LogP contribution in [0.1, 0.15) is 22.9 Å². The van der Waals surface area contributed by atoms with Crippen LogP contribution in [0, 0.1) is 6.92 Å². The van der Waals surface area contributed by atoms with Gasteiger partial charge in [-0.25, -0.2) is 0 Å². The molecule has 1 unspecified atom stereocenters. The van der Waals surface area contributed by atoms with Crippen LogP contribution < -0.4 is 0 Å². The van der Waals surface area contributed by atoms with Gasteiger partial charge in [-0.05, 0) is 18.6 Å². The highest BCUT2D eigenvalue weighted by molar-refractivity contribution is 5.57. The first-order chi connectivity index (χ1) is 6.18. The molecule has 1 aromatic carbocycles. The Bertz CT molecular complexity index is 357. The maximum absolute atomic E-state index is 9.83. The number of hydrogen-bond donors (Lipinski definition) is 1. The fourth-order valence-electron chi connectivity index (χ4n) is 1.57. The Morgan fingerprint density at radius 3 is 2.92 bits per heavy atom. The molecule has 0 amide bonds. The van der Waals surface area contributed by atoms with E-state index in [1.165, 1.54) is 5.56 Å². The van der Waals surface area contributed by atoms with Crippen molar-refractivity contribution in [1.82, 2.24) is 4.90 Å². The first kappa shape index (κ1) is 8.32. The summed E-state index contributed by atoms with van der Waals surface area (Å²) in [5, 5.41) is 9.83. The summed E-state index contributed by atoms with van der Waals surface area (Å²) in [7, 11) is 1.87. The first-order valence-electron chi connectivity index (χ1n) is 4.37. The normalized spacial score (nSPS) is 20.2. The van der Waals surface area contributed by atoms with E-state index in [9.17, 15) is 5.11 Å². The summed E-state index contributed by atoms with van der Waals surface area (Å²) >= 11 is 0. The maximum atomic E-state index is 9.83. The van der Waals surface area contributed by atoms with Crippen LogP contribution in [0.2, 0.25) is 0 Å². The van der Waals surface area contributed by atoms with E-state index in [1.807, 2.05) is 38.4 Å². The summed E-state index contributed by atoms with van der Waals surface area (Å²) in [6.45, 7) is 2.03. The van der Waals surface area contributed by atoms with E-state index in [0.29, 0.717) is 0 Å². The van der Waals surface area contributed by atoms with Crippen molar-refractivity contribution in [3.63, 3.8) is 0 Å². The molecular weight excluding hydrogens is 162 g/mol. The summed E-state index contributed by atoms with van der Waals surface area (Å²) in [5.74, 6) is 0. The van der Waals surface area contributed by atoms with Crippen molar-refractivity contribution in [3.8, 4) is 0 Å². The minimum Gasteiger partial charge on any atom is -0.369 e. The largest absolute Gasteiger partial charge is 0.369 e. The Morgan fingerprint density at radius 2 is 2.15 bits per heavy atom. The summed E-state index contributed by atoms with van der Waals surface area (Å²) < 4.78 is 0. The molecule has 0 spiro atoms. The van der Waals surface area contributed by atoms with E-state index < -0.39 is 6.23 Å². The summed E-state index contributed by atoms with van der Waals surface area (Å²) in [6, 6.07) is 6.12. The summed E-state index contributed by atoms with van der Waals surface area (Å²) in [4.78, 5) is 1.79. The standard InChI is InChI=1S/C11H13NO/c1-8-3-4-9-5-6-12(2)11(13)10(9)7-8/h3-7,11,13H,1-2H3. The van der Waals surface area contributed by atoms with Crippen LogP contribution in [-0.4, -0.2) is 17.1 Å². The van der Waals surface area contributed by atoms with E-state index in [-0.39, 0.29) is 0 Å². The fraction of sp³-hybridized carbons (Fsp3) is 0.273. The number of benzene rings is 1. The van der Waals surface area contributed by atoms with Gasteiger partial charge in [-0.1, -0.05) is 23.8 Å². The predicted molar refractivity (Wildman–Crippen MR) is 52.9 cm³/mol. The van der Waals surface area contributed by atoms with Crippen LogP contribution in [0.15, 0.2) is 24.4 Å². The third kappa shape index (κ3) is 1.33. The predicted octanol–water partition coefficient (Wildman–Crippen LogP) is 1.90. The van der Waals surface area contributed by atoms with Crippen molar-refractivity contribution in [2.45, 2.75) is 13.2 Å². The van der Waals surface area contributed by atoms with E-state index >= 15 is 0 Å². The molecule has 2 rings (SSSR count). The van der Waals surface area contributed by atoms with E-state index in [0.717, 1.165) is 11.1 Å². The second-order valence-electron chi connectivity index (χ2n) is 3.49. The monoisotopic (exact) mass is 175 g/mol. The van der Waals surface area contributed by atoms with Gasteiger partial charge in [0.1, 0.15) is 0 Å². The molecule has 0 aromatic heterocycles. The van der Waals surface area contributed by atoms with E-state index in [2.05, 4.69) is 6.07 Å². The van der Waals surface area contributed by atoms with Crippen LogP contribution in [0.3, 0.4) is 0 Å². The summed E-state index contributed by atoms with van der Waals surface area (Å²) in [5.41, 5.74) is 3.28. The third-order valence-corrected chi connectivity index (χ3v) is 2.40. The van der Waals surface area contributed by atoms with Crippen molar-refractivity contribution in [3.05, 3.63) is 41.1 Å². The number of rotatable bonds is 0. The molecule has 0 bridgehead atoms. The lowest BCUT2D eigenvalue weighted by Gasteiger charge is -2.27. The molecule has 13 heavy (non-hydrogen) atoms. The van der Waals surface area contributed by atoms with Gasteiger partial charge in [0.05, 0.1) is 0 Å². The van der Waals surface area contributed by atoms with Gasteiger partial charge >= 0.3 is 0 Å². The highest BCUT2D eigenvalue weighted by atomic mass is 16.3. The molecule has 1 aromatic rings. The van der Waals surface area contributed by atoms with Crippen LogP contribution in [0.4, 0.5) is 0 Å². The van der Waals surface area contributed by atoms with Crippen molar-refractivity contribution in [2.75, 3.05) is 7.05 Å². The highest BCUT2D eigenvalue weighted by Gasteiger charge is 2.17. The van der Waals surface area contributed by atoms with Gasteiger partial charge in [-0.3, -0.25) is 0 Å². The topological polar surface area (TPSA) is 23.5 Å². The lowest BCUT2D eigenvalue weighted by Crippen LogP contribution is -2.22. The lowest BCUT2D eigenvalue weighted by molar-refractivity contribution is 0.0526. The fourth-order valence-corrected chi connectivity index (χ4v) is 1.57. The van der Waals surface area contributed by atoms with Gasteiger partial charge in [0.15, 0.2) is 6.23 Å². The zero-order valence-corrected chi connectivity index (χ0v) is 7.86. The van der Waals surface area contributed by atoms with E-state index in [1.54, 1.807) is 4.90 Å². The smallest absolute Gasteiger partial charge is 0.153 e. The van der Waals surface area contributed by atoms with Crippen molar-refractivity contribution in [2.24, 2.45) is 0 Å². The van der Waals surface area contributed by atoms with Crippen LogP contribution in [0.5, 0.6) is 0 Å². The Morgan fingerprint density at radius 1 is 1.38 bits per heavy atom. The molecular formula is C11H13NO. The molecule has 1 atom stereocenters. The van der Waals surface area contributed by atoms with Crippen LogP contribution in [0.25, 0.3) is 6.08 Å². The highest BCUT2D eigenvalue weighted by Crippen LogP contribution is 2.27. The molecule has 0 radical (unpaired) electrons. The molecule has 1 aliphatic heterocycles. The lowest BCUT2D eigenvalue weighted by atomic mass is 10.0. The second kappa shape index (κ2) is 2.89. The number of hydrogen-bond acceptors (Lipinski definition) is 2. The number of aliphatic hydroxyl groups is 1. The number of nitrogens with zero attached hydrogens (tertiary/aromatic N) is 1. The molecule has 1 N–H and O–H groups in total. The van der Waals surface area contributed by atoms with Crippen LogP contribution in [-0.2, 0) is 0 Å². The zero-order valence-electron chi connectivity index (χ0n) is 7.86. The van der Waals surface area contributed by atoms with Gasteiger partial charge < -0.3 is 10.0 Å². The molecule has 1 aliphatic rings. The third-order valence-electron chi connectivity index (χ3n) is 2.40. The minimum absolute atomic E-state index is 0.500. The van der Waals surface area contributed by atoms with E-state index in [4.69, 9.17) is 0 Å².